The molecule has 2 aromatic heterocycles. The number of fused-ring (bicyclic) bond motifs is 1. The summed E-state index contributed by atoms with van der Waals surface area (Å²) in [7, 11) is 0. The molecule has 0 saturated carbocycles. The number of hydrogen-bond donors (Lipinski definition) is 0. The number of rotatable bonds is 5. The topological polar surface area (TPSA) is 65.1 Å². The van der Waals surface area contributed by atoms with Gasteiger partial charge in [-0.3, -0.25) is 9.36 Å². The van der Waals surface area contributed by atoms with Crippen LogP contribution >= 0.6 is 0 Å². The summed E-state index contributed by atoms with van der Waals surface area (Å²) < 4.78 is 48.8. The minimum Gasteiger partial charge on any atom is -1.00 e. The van der Waals surface area contributed by atoms with E-state index in [9.17, 15) is 22.8 Å². The van der Waals surface area contributed by atoms with E-state index >= 15 is 0 Å². The number of carbonyl (C=O) groups excluding carboxylic acids is 1. The first-order valence-corrected chi connectivity index (χ1v) is 10.1. The summed E-state index contributed by atoms with van der Waals surface area (Å²) in [5, 5.41) is 0.209. The number of para-hydroxylation sites is 2. The van der Waals surface area contributed by atoms with Gasteiger partial charge in [-0.2, -0.15) is 17.7 Å². The molecule has 4 aromatic rings. The molecule has 0 spiro atoms. The van der Waals surface area contributed by atoms with Crippen molar-refractivity contribution in [2.45, 2.75) is 19.6 Å². The minimum atomic E-state index is -4.66. The third-order valence-electron chi connectivity index (χ3n) is 5.02. The largest absolute Gasteiger partial charge is 1.00 e. The first-order valence-electron chi connectivity index (χ1n) is 10.1. The molecule has 6 nitrogen and oxygen atoms in total. The molecule has 0 radical (unpaired) electrons. The molecule has 0 saturated heterocycles. The predicted octanol–water partition coefficient (Wildman–Crippen LogP) is 0.921. The smallest absolute Gasteiger partial charge is 0.418 e. The van der Waals surface area contributed by atoms with Gasteiger partial charge in [0.25, 0.3) is 5.56 Å². The van der Waals surface area contributed by atoms with E-state index in [-0.39, 0.29) is 47.0 Å². The molecule has 10 heteroatoms. The number of halogens is 4. The number of aromatic nitrogens is 3. The van der Waals surface area contributed by atoms with Gasteiger partial charge in [0.05, 0.1) is 34.3 Å². The van der Waals surface area contributed by atoms with Gasteiger partial charge in [0.2, 0.25) is 6.54 Å². The summed E-state index contributed by atoms with van der Waals surface area (Å²) in [6, 6.07) is 14.5. The van der Waals surface area contributed by atoms with Gasteiger partial charge >= 0.3 is 12.1 Å². The molecule has 0 aliphatic carbocycles. The van der Waals surface area contributed by atoms with E-state index in [1.54, 1.807) is 42.1 Å². The fraction of sp³-hybridized carbons (Fsp3) is 0.167. The van der Waals surface area contributed by atoms with Gasteiger partial charge in [0.1, 0.15) is 0 Å². The van der Waals surface area contributed by atoms with Crippen molar-refractivity contribution in [2.75, 3.05) is 6.61 Å². The standard InChI is InChI=1S/C24H19F3N3O3.BrH/c1-2-33-23(32)16-11-13-29(14-12-16)15-21-28-19-9-5-3-7-17(19)22(31)30(21)20-10-6-4-8-18(20)24(25,26)27;/h3-14H,2,15H2,1H3;1H/q+1;/p-1. The Balaban J connectivity index is 0.00000324. The lowest BCUT2D eigenvalue weighted by atomic mass is 10.1. The number of esters is 1. The molecule has 4 rings (SSSR count). The number of pyridine rings is 1. The molecular weight excluding hydrogens is 515 g/mol. The Labute approximate surface area is 203 Å². The Morgan fingerprint density at radius 2 is 1.68 bits per heavy atom. The maximum Gasteiger partial charge on any atom is 0.418 e. The molecule has 0 bridgehead atoms. The van der Waals surface area contributed by atoms with E-state index in [0.29, 0.717) is 11.1 Å². The van der Waals surface area contributed by atoms with Crippen molar-refractivity contribution in [2.24, 2.45) is 0 Å². The fourth-order valence-corrected chi connectivity index (χ4v) is 3.52. The zero-order valence-electron chi connectivity index (χ0n) is 17.9. The van der Waals surface area contributed by atoms with Crippen LogP contribution in [0, 0.1) is 0 Å². The highest BCUT2D eigenvalue weighted by atomic mass is 79.9. The lowest BCUT2D eigenvalue weighted by Gasteiger charge is -2.17. The number of nitrogens with zero attached hydrogens (tertiary/aromatic N) is 3. The Hall–Kier alpha value is -3.53. The molecule has 2 aromatic carbocycles. The quantitative estimate of drug-likeness (QED) is 0.283. The van der Waals surface area contributed by atoms with Gasteiger partial charge in [0.15, 0.2) is 18.2 Å². The first-order chi connectivity index (χ1) is 15.8. The lowest BCUT2D eigenvalue weighted by Crippen LogP contribution is -3.00. The normalized spacial score (nSPS) is 11.2. The molecule has 0 amide bonds. The average Bonchev–Trinajstić information content (AvgIpc) is 2.79. The Morgan fingerprint density at radius 1 is 1.03 bits per heavy atom. The molecule has 0 fully saturated rings. The van der Waals surface area contributed by atoms with Crippen LogP contribution in [0.5, 0.6) is 0 Å². The molecule has 0 aliphatic rings. The van der Waals surface area contributed by atoms with E-state index in [1.165, 1.54) is 36.4 Å². The molecule has 2 heterocycles. The third-order valence-corrected chi connectivity index (χ3v) is 5.02. The van der Waals surface area contributed by atoms with Crippen LogP contribution in [0.15, 0.2) is 77.9 Å². The molecule has 0 N–H and O–H groups in total. The lowest BCUT2D eigenvalue weighted by molar-refractivity contribution is -0.689. The maximum absolute atomic E-state index is 13.7. The SMILES string of the molecule is CCOC(=O)c1cc[n+](Cc2nc3ccccc3c(=O)n2-c2ccccc2C(F)(F)F)cc1.[Br-]. The fourth-order valence-electron chi connectivity index (χ4n) is 3.52. The Morgan fingerprint density at radius 3 is 2.35 bits per heavy atom. The highest BCUT2D eigenvalue weighted by Crippen LogP contribution is 2.33. The second-order valence-corrected chi connectivity index (χ2v) is 7.18. The first kappa shape index (κ1) is 25.1. The molecule has 0 aliphatic heterocycles. The van der Waals surface area contributed by atoms with E-state index < -0.39 is 23.3 Å². The van der Waals surface area contributed by atoms with Crippen LogP contribution in [0.2, 0.25) is 0 Å². The van der Waals surface area contributed by atoms with Crippen LogP contribution in [0.4, 0.5) is 13.2 Å². The van der Waals surface area contributed by atoms with E-state index in [0.717, 1.165) is 10.6 Å². The van der Waals surface area contributed by atoms with Crippen molar-refractivity contribution < 1.29 is 44.3 Å². The zero-order chi connectivity index (χ0) is 23.6. The van der Waals surface area contributed by atoms with Crippen LogP contribution in [-0.2, 0) is 17.5 Å². The number of ether oxygens (including phenoxy) is 1. The second kappa shape index (κ2) is 10.2. The van der Waals surface area contributed by atoms with Gasteiger partial charge < -0.3 is 21.7 Å². The van der Waals surface area contributed by atoms with Gasteiger partial charge in [0, 0.05) is 12.1 Å². The highest BCUT2D eigenvalue weighted by molar-refractivity contribution is 5.89. The predicted molar refractivity (Wildman–Crippen MR) is 114 cm³/mol. The van der Waals surface area contributed by atoms with E-state index in [1.807, 2.05) is 0 Å². The van der Waals surface area contributed by atoms with Crippen molar-refractivity contribution in [3.8, 4) is 5.69 Å². The summed E-state index contributed by atoms with van der Waals surface area (Å²) in [5.41, 5.74) is -1.13. The van der Waals surface area contributed by atoms with Crippen LogP contribution in [0.25, 0.3) is 16.6 Å². The molecule has 34 heavy (non-hydrogen) atoms. The summed E-state index contributed by atoms with van der Waals surface area (Å²) in [5.74, 6) is -0.367. The van der Waals surface area contributed by atoms with Gasteiger partial charge in [-0.05, 0) is 31.2 Å². The van der Waals surface area contributed by atoms with Crippen molar-refractivity contribution in [3.63, 3.8) is 0 Å². The Bertz CT molecular complexity index is 1390. The maximum atomic E-state index is 13.7. The third kappa shape index (κ3) is 5.01. The van der Waals surface area contributed by atoms with Crippen molar-refractivity contribution in [1.29, 1.82) is 0 Å². The number of hydrogen-bond acceptors (Lipinski definition) is 4. The molecule has 0 unspecified atom stereocenters. The number of alkyl halides is 3. The highest BCUT2D eigenvalue weighted by Gasteiger charge is 2.35. The van der Waals surface area contributed by atoms with Crippen molar-refractivity contribution in [1.82, 2.24) is 9.55 Å². The van der Waals surface area contributed by atoms with E-state index in [4.69, 9.17) is 4.74 Å². The number of benzene rings is 2. The van der Waals surface area contributed by atoms with Gasteiger partial charge in [-0.15, -0.1) is 0 Å². The van der Waals surface area contributed by atoms with Crippen LogP contribution in [-0.4, -0.2) is 22.1 Å². The minimum absolute atomic E-state index is 0. The second-order valence-electron chi connectivity index (χ2n) is 7.18. The summed E-state index contributed by atoms with van der Waals surface area (Å²) in [6.45, 7) is 1.93. The zero-order valence-corrected chi connectivity index (χ0v) is 19.5. The van der Waals surface area contributed by atoms with Crippen LogP contribution in [0.1, 0.15) is 28.7 Å². The summed E-state index contributed by atoms with van der Waals surface area (Å²) in [6.07, 6.45) is -1.51. The molecular formula is C24H19BrF3N3O3. The Kier molecular flexibility index (Phi) is 7.51. The van der Waals surface area contributed by atoms with Gasteiger partial charge in [-0.1, -0.05) is 24.3 Å². The van der Waals surface area contributed by atoms with Gasteiger partial charge in [-0.25, -0.2) is 9.78 Å². The summed E-state index contributed by atoms with van der Waals surface area (Å²) in [4.78, 5) is 29.7. The van der Waals surface area contributed by atoms with Crippen molar-refractivity contribution >= 4 is 16.9 Å². The summed E-state index contributed by atoms with van der Waals surface area (Å²) >= 11 is 0. The monoisotopic (exact) mass is 533 g/mol. The molecule has 0 atom stereocenters. The van der Waals surface area contributed by atoms with Crippen LogP contribution in [0.3, 0.4) is 0 Å². The van der Waals surface area contributed by atoms with E-state index in [2.05, 4.69) is 4.98 Å². The van der Waals surface area contributed by atoms with Crippen molar-refractivity contribution in [3.05, 3.63) is 100 Å². The van der Waals surface area contributed by atoms with Crippen LogP contribution < -0.4 is 27.1 Å². The molecule has 176 valence electrons. The average molecular weight is 534 g/mol. The number of carbonyl (C=O) groups is 1.